The van der Waals surface area contributed by atoms with Crippen LogP contribution in [-0.4, -0.2) is 11.0 Å². The quantitative estimate of drug-likeness (QED) is 0.585. The zero-order valence-electron chi connectivity index (χ0n) is 10.4. The normalized spacial score (nSPS) is 15.1. The van der Waals surface area contributed by atoms with Crippen molar-refractivity contribution in [3.63, 3.8) is 0 Å². The van der Waals surface area contributed by atoms with E-state index in [0.717, 1.165) is 16.9 Å². The van der Waals surface area contributed by atoms with E-state index < -0.39 is 0 Å². The number of rotatable bonds is 2. The lowest BCUT2D eigenvalue weighted by Gasteiger charge is -2.03. The number of benzene rings is 2. The van der Waals surface area contributed by atoms with Crippen molar-refractivity contribution in [1.82, 2.24) is 0 Å². The molecule has 0 radical (unpaired) electrons. The maximum atomic E-state index is 11.9. The lowest BCUT2D eigenvalue weighted by atomic mass is 10.1. The Labute approximate surface area is 120 Å². The molecule has 2 aromatic carbocycles. The van der Waals surface area contributed by atoms with Gasteiger partial charge in [-0.15, -0.1) is 0 Å². The van der Waals surface area contributed by atoms with Gasteiger partial charge in [0.05, 0.1) is 5.57 Å². The van der Waals surface area contributed by atoms with E-state index in [1.807, 2.05) is 0 Å². The number of anilines is 2. The molecule has 0 atom stereocenters. The summed E-state index contributed by atoms with van der Waals surface area (Å²) >= 11 is 5.96. The van der Waals surface area contributed by atoms with Gasteiger partial charge in [0.2, 0.25) is 0 Å². The van der Waals surface area contributed by atoms with Crippen molar-refractivity contribution in [2.75, 3.05) is 10.6 Å². The monoisotopic (exact) mass is 286 g/mol. The SMILES string of the molecule is O=C1Nc2ccc(Cl)cc2C1=CNc1ccc(O)cc1. The van der Waals surface area contributed by atoms with E-state index in [1.54, 1.807) is 48.7 Å². The predicted octanol–water partition coefficient (Wildman–Crippen LogP) is 3.45. The second kappa shape index (κ2) is 4.90. The zero-order valence-corrected chi connectivity index (χ0v) is 11.1. The van der Waals surface area contributed by atoms with Gasteiger partial charge >= 0.3 is 0 Å². The minimum absolute atomic E-state index is 0.173. The van der Waals surface area contributed by atoms with E-state index in [1.165, 1.54) is 0 Å². The van der Waals surface area contributed by atoms with Gasteiger partial charge in [-0.25, -0.2) is 0 Å². The van der Waals surface area contributed by atoms with Gasteiger partial charge in [-0.05, 0) is 42.5 Å². The molecule has 5 heteroatoms. The lowest BCUT2D eigenvalue weighted by Crippen LogP contribution is -2.05. The minimum Gasteiger partial charge on any atom is -0.508 e. The summed E-state index contributed by atoms with van der Waals surface area (Å²) in [5, 5.41) is 15.6. The number of phenols is 1. The van der Waals surface area contributed by atoms with E-state index in [-0.39, 0.29) is 11.7 Å². The molecule has 0 aromatic heterocycles. The number of nitrogens with one attached hydrogen (secondary N) is 2. The molecule has 0 aliphatic carbocycles. The van der Waals surface area contributed by atoms with Crippen LogP contribution in [0.25, 0.3) is 5.57 Å². The summed E-state index contributed by atoms with van der Waals surface area (Å²) in [4.78, 5) is 11.9. The van der Waals surface area contributed by atoms with Crippen LogP contribution in [-0.2, 0) is 4.79 Å². The highest BCUT2D eigenvalue weighted by Crippen LogP contribution is 2.33. The van der Waals surface area contributed by atoms with Crippen LogP contribution in [0.3, 0.4) is 0 Å². The largest absolute Gasteiger partial charge is 0.508 e. The molecule has 20 heavy (non-hydrogen) atoms. The number of halogens is 1. The Morgan fingerprint density at radius 2 is 1.90 bits per heavy atom. The Bertz CT molecular complexity index is 708. The number of hydrogen-bond acceptors (Lipinski definition) is 3. The molecule has 0 unspecified atom stereocenters. The Balaban J connectivity index is 1.90. The molecule has 3 N–H and O–H groups in total. The van der Waals surface area contributed by atoms with Crippen LogP contribution in [0.1, 0.15) is 5.56 Å². The molecule has 1 aliphatic heterocycles. The summed E-state index contributed by atoms with van der Waals surface area (Å²) < 4.78 is 0. The first-order valence-corrected chi connectivity index (χ1v) is 6.38. The Morgan fingerprint density at radius 1 is 1.15 bits per heavy atom. The first kappa shape index (κ1) is 12.6. The van der Waals surface area contributed by atoms with E-state index in [2.05, 4.69) is 10.6 Å². The van der Waals surface area contributed by atoms with Crippen molar-refractivity contribution in [2.45, 2.75) is 0 Å². The van der Waals surface area contributed by atoms with Gasteiger partial charge in [-0.3, -0.25) is 4.79 Å². The fraction of sp³-hybridized carbons (Fsp3) is 0. The van der Waals surface area contributed by atoms with Gasteiger partial charge < -0.3 is 15.7 Å². The first-order chi connectivity index (χ1) is 9.63. The molecule has 4 nitrogen and oxygen atoms in total. The topological polar surface area (TPSA) is 61.4 Å². The van der Waals surface area contributed by atoms with Gasteiger partial charge in [0.1, 0.15) is 5.75 Å². The number of carbonyl (C=O) groups is 1. The Kier molecular flexibility index (Phi) is 3.08. The molecule has 2 aromatic rings. The van der Waals surface area contributed by atoms with Crippen LogP contribution in [0.15, 0.2) is 48.7 Å². The van der Waals surface area contributed by atoms with Crippen LogP contribution in [0.5, 0.6) is 5.75 Å². The summed E-state index contributed by atoms with van der Waals surface area (Å²) in [7, 11) is 0. The molecular weight excluding hydrogens is 276 g/mol. The summed E-state index contributed by atoms with van der Waals surface area (Å²) in [6, 6.07) is 11.8. The summed E-state index contributed by atoms with van der Waals surface area (Å²) in [6.07, 6.45) is 1.63. The number of amides is 1. The van der Waals surface area contributed by atoms with Crippen molar-refractivity contribution < 1.29 is 9.90 Å². The molecule has 1 amide bonds. The molecule has 0 saturated carbocycles. The third kappa shape index (κ3) is 2.33. The van der Waals surface area contributed by atoms with E-state index >= 15 is 0 Å². The average molecular weight is 287 g/mol. The molecule has 0 fully saturated rings. The highest BCUT2D eigenvalue weighted by molar-refractivity contribution is 6.34. The van der Waals surface area contributed by atoms with E-state index in [9.17, 15) is 9.90 Å². The lowest BCUT2D eigenvalue weighted by molar-refractivity contribution is -0.110. The Hall–Kier alpha value is -2.46. The van der Waals surface area contributed by atoms with Crippen molar-refractivity contribution >= 4 is 34.5 Å². The molecule has 100 valence electrons. The Morgan fingerprint density at radius 3 is 2.65 bits per heavy atom. The molecule has 3 rings (SSSR count). The summed E-state index contributed by atoms with van der Waals surface area (Å²) in [6.45, 7) is 0. The third-order valence-electron chi connectivity index (χ3n) is 3.02. The summed E-state index contributed by atoms with van der Waals surface area (Å²) in [5.74, 6) is 0.0208. The predicted molar refractivity (Wildman–Crippen MR) is 79.8 cm³/mol. The number of aromatic hydroxyl groups is 1. The van der Waals surface area contributed by atoms with Crippen LogP contribution in [0, 0.1) is 0 Å². The van der Waals surface area contributed by atoms with Crippen LogP contribution in [0.4, 0.5) is 11.4 Å². The van der Waals surface area contributed by atoms with Crippen molar-refractivity contribution in [2.24, 2.45) is 0 Å². The van der Waals surface area contributed by atoms with Crippen molar-refractivity contribution in [3.8, 4) is 5.75 Å². The van der Waals surface area contributed by atoms with Crippen molar-refractivity contribution in [1.29, 1.82) is 0 Å². The number of hydrogen-bond donors (Lipinski definition) is 3. The maximum absolute atomic E-state index is 11.9. The number of phenolic OH excluding ortho intramolecular Hbond substituents is 1. The molecule has 0 spiro atoms. The van der Waals surface area contributed by atoms with Crippen LogP contribution in [0.2, 0.25) is 5.02 Å². The van der Waals surface area contributed by atoms with Gasteiger partial charge in [0, 0.05) is 28.2 Å². The highest BCUT2D eigenvalue weighted by atomic mass is 35.5. The number of carbonyl (C=O) groups excluding carboxylic acids is 1. The van der Waals surface area contributed by atoms with E-state index in [0.29, 0.717) is 10.6 Å². The molecule has 0 saturated heterocycles. The maximum Gasteiger partial charge on any atom is 0.257 e. The third-order valence-corrected chi connectivity index (χ3v) is 3.25. The van der Waals surface area contributed by atoms with Crippen LogP contribution < -0.4 is 10.6 Å². The average Bonchev–Trinajstić information content (AvgIpc) is 2.73. The fourth-order valence-corrected chi connectivity index (χ4v) is 2.19. The highest BCUT2D eigenvalue weighted by Gasteiger charge is 2.24. The molecule has 1 aliphatic rings. The zero-order chi connectivity index (χ0) is 14.1. The smallest absolute Gasteiger partial charge is 0.257 e. The molecular formula is C15H11ClN2O2. The van der Waals surface area contributed by atoms with Gasteiger partial charge in [0.25, 0.3) is 5.91 Å². The standard InChI is InChI=1S/C15H11ClN2O2/c16-9-1-6-14-12(7-9)13(15(20)18-14)8-17-10-2-4-11(19)5-3-10/h1-8,17,19H,(H,18,20). The van der Waals surface area contributed by atoms with Gasteiger partial charge in [-0.2, -0.15) is 0 Å². The number of fused-ring (bicyclic) bond motifs is 1. The first-order valence-electron chi connectivity index (χ1n) is 6.00. The van der Waals surface area contributed by atoms with Crippen molar-refractivity contribution in [3.05, 3.63) is 59.3 Å². The van der Waals surface area contributed by atoms with Gasteiger partial charge in [0.15, 0.2) is 0 Å². The second-order valence-electron chi connectivity index (χ2n) is 4.39. The van der Waals surface area contributed by atoms with Gasteiger partial charge in [-0.1, -0.05) is 11.6 Å². The van der Waals surface area contributed by atoms with Crippen LogP contribution >= 0.6 is 11.6 Å². The van der Waals surface area contributed by atoms with E-state index in [4.69, 9.17) is 11.6 Å². The molecule has 1 heterocycles. The summed E-state index contributed by atoms with van der Waals surface area (Å²) in [5.41, 5.74) is 2.82. The minimum atomic E-state index is -0.173. The fourth-order valence-electron chi connectivity index (χ4n) is 2.02. The molecule has 0 bridgehead atoms. The second-order valence-corrected chi connectivity index (χ2v) is 4.83.